The molecule has 0 aliphatic rings. The van der Waals surface area contributed by atoms with Crippen LogP contribution in [0.3, 0.4) is 0 Å². The number of carboxylic acids is 1. The minimum atomic E-state index is -0.745. The third kappa shape index (κ3) is 36.5. The molecule has 0 saturated carbocycles. The number of hydrogen-bond acceptors (Lipinski definition) is 3. The molecule has 0 spiro atoms. The molecule has 0 aliphatic carbocycles. The van der Waals surface area contributed by atoms with E-state index < -0.39 is 5.97 Å². The average molecular weight is 180 g/mol. The Balaban J connectivity index is -0.000000126. The van der Waals surface area contributed by atoms with Crippen molar-refractivity contribution in [2.24, 2.45) is 0 Å². The highest BCUT2D eigenvalue weighted by atomic mass is 16.5. The standard InChI is InChI=1S/C4H8O2.C3H6O2.H2O/c1-3-6-4(2)5;1-2-3(4)5;/h3H2,1-2H3;2H2,1H3,(H,4,5);1H2. The van der Waals surface area contributed by atoms with Crippen molar-refractivity contribution in [3.8, 4) is 0 Å². The first-order valence-electron chi connectivity index (χ1n) is 3.39. The van der Waals surface area contributed by atoms with Crippen LogP contribution in [0.2, 0.25) is 0 Å². The number of ether oxygens (including phenoxy) is 1. The molecule has 0 aliphatic heterocycles. The van der Waals surface area contributed by atoms with Crippen molar-refractivity contribution in [2.75, 3.05) is 6.61 Å². The van der Waals surface area contributed by atoms with Gasteiger partial charge in [0.1, 0.15) is 0 Å². The van der Waals surface area contributed by atoms with Crippen molar-refractivity contribution in [2.45, 2.75) is 27.2 Å². The van der Waals surface area contributed by atoms with E-state index in [1.807, 2.05) is 0 Å². The number of hydrogen-bond donors (Lipinski definition) is 1. The highest BCUT2D eigenvalue weighted by Crippen LogP contribution is 1.69. The van der Waals surface area contributed by atoms with Crippen LogP contribution in [-0.2, 0) is 14.3 Å². The van der Waals surface area contributed by atoms with E-state index >= 15 is 0 Å². The van der Waals surface area contributed by atoms with Crippen LogP contribution < -0.4 is 0 Å². The van der Waals surface area contributed by atoms with Gasteiger partial charge in [0.05, 0.1) is 6.61 Å². The van der Waals surface area contributed by atoms with Gasteiger partial charge in [-0.3, -0.25) is 9.59 Å². The lowest BCUT2D eigenvalue weighted by atomic mass is 10.5. The second kappa shape index (κ2) is 12.6. The van der Waals surface area contributed by atoms with Gasteiger partial charge in [-0.2, -0.15) is 0 Å². The highest BCUT2D eigenvalue weighted by Gasteiger charge is 1.81. The van der Waals surface area contributed by atoms with Crippen molar-refractivity contribution >= 4 is 11.9 Å². The lowest BCUT2D eigenvalue weighted by Crippen LogP contribution is -1.95. The third-order valence-electron chi connectivity index (χ3n) is 0.650. The van der Waals surface area contributed by atoms with E-state index in [0.29, 0.717) is 6.61 Å². The van der Waals surface area contributed by atoms with Crippen LogP contribution >= 0.6 is 0 Å². The van der Waals surface area contributed by atoms with Gasteiger partial charge in [-0.05, 0) is 6.92 Å². The van der Waals surface area contributed by atoms with Gasteiger partial charge in [0.25, 0.3) is 0 Å². The first-order chi connectivity index (χ1) is 5.04. The number of carbonyl (C=O) groups excluding carboxylic acids is 1. The molecule has 0 aromatic carbocycles. The van der Waals surface area contributed by atoms with Crippen molar-refractivity contribution in [1.82, 2.24) is 0 Å². The van der Waals surface area contributed by atoms with E-state index in [2.05, 4.69) is 4.74 Å². The molecule has 0 unspecified atom stereocenters. The Bertz CT molecular complexity index is 121. The fourth-order valence-electron chi connectivity index (χ4n) is 0.203. The van der Waals surface area contributed by atoms with Crippen molar-refractivity contribution in [3.63, 3.8) is 0 Å². The summed E-state index contributed by atoms with van der Waals surface area (Å²) in [5.41, 5.74) is 0. The Hall–Kier alpha value is -1.10. The zero-order valence-electron chi connectivity index (χ0n) is 7.59. The van der Waals surface area contributed by atoms with Gasteiger partial charge in [0.15, 0.2) is 0 Å². The first kappa shape index (κ1) is 17.1. The maximum absolute atomic E-state index is 9.82. The maximum Gasteiger partial charge on any atom is 0.303 e. The second-order valence-electron chi connectivity index (χ2n) is 1.67. The molecule has 0 aromatic heterocycles. The molecule has 0 fully saturated rings. The molecular weight excluding hydrogens is 164 g/mol. The molecule has 0 aromatic rings. The fraction of sp³-hybridized carbons (Fsp3) is 0.714. The van der Waals surface area contributed by atoms with Crippen LogP contribution in [-0.4, -0.2) is 29.1 Å². The van der Waals surface area contributed by atoms with Crippen molar-refractivity contribution in [1.29, 1.82) is 0 Å². The van der Waals surface area contributed by atoms with E-state index in [4.69, 9.17) is 5.11 Å². The first-order valence-corrected chi connectivity index (χ1v) is 3.39. The summed E-state index contributed by atoms with van der Waals surface area (Å²) in [5, 5.41) is 7.72. The molecule has 0 atom stereocenters. The Morgan fingerprint density at radius 1 is 1.33 bits per heavy atom. The number of carbonyl (C=O) groups is 2. The van der Waals surface area contributed by atoms with E-state index in [9.17, 15) is 9.59 Å². The minimum Gasteiger partial charge on any atom is -0.481 e. The average Bonchev–Trinajstić information content (AvgIpc) is 1.89. The molecule has 0 bridgehead atoms. The summed E-state index contributed by atoms with van der Waals surface area (Å²) >= 11 is 0. The van der Waals surface area contributed by atoms with Crippen LogP contribution in [0.4, 0.5) is 0 Å². The summed E-state index contributed by atoms with van der Waals surface area (Å²) in [6.45, 7) is 5.25. The smallest absolute Gasteiger partial charge is 0.303 e. The zero-order valence-corrected chi connectivity index (χ0v) is 7.59. The molecule has 74 valence electrons. The molecule has 3 N–H and O–H groups in total. The number of carboxylic acid groups (broad SMARTS) is 1. The molecule has 12 heavy (non-hydrogen) atoms. The van der Waals surface area contributed by atoms with Gasteiger partial charge < -0.3 is 15.3 Å². The van der Waals surface area contributed by atoms with Crippen molar-refractivity contribution in [3.05, 3.63) is 0 Å². The van der Waals surface area contributed by atoms with Crippen LogP contribution in [0.15, 0.2) is 0 Å². The minimum absolute atomic E-state index is 0. The number of aliphatic carboxylic acids is 1. The predicted octanol–water partition coefficient (Wildman–Crippen LogP) is 0.226. The fourth-order valence-corrected chi connectivity index (χ4v) is 0.203. The maximum atomic E-state index is 9.82. The number of rotatable bonds is 2. The van der Waals surface area contributed by atoms with Crippen LogP contribution in [0.25, 0.3) is 0 Å². The van der Waals surface area contributed by atoms with Crippen molar-refractivity contribution < 1.29 is 24.9 Å². The molecular formula is C7H16O5. The molecule has 0 rings (SSSR count). The lowest BCUT2D eigenvalue weighted by molar-refractivity contribution is -0.140. The summed E-state index contributed by atoms with van der Waals surface area (Å²) < 4.78 is 4.40. The zero-order chi connectivity index (χ0) is 9.28. The van der Waals surface area contributed by atoms with E-state index in [0.717, 1.165) is 0 Å². The summed E-state index contributed by atoms with van der Waals surface area (Å²) in [6, 6.07) is 0. The SMILES string of the molecule is CCC(=O)O.CCOC(C)=O.O. The monoisotopic (exact) mass is 180 g/mol. The van der Waals surface area contributed by atoms with Gasteiger partial charge in [0, 0.05) is 13.3 Å². The normalized spacial score (nSPS) is 6.92. The molecule has 0 heterocycles. The molecule has 5 nitrogen and oxygen atoms in total. The topological polar surface area (TPSA) is 95.1 Å². The van der Waals surface area contributed by atoms with E-state index in [1.54, 1.807) is 13.8 Å². The molecule has 0 saturated heterocycles. The summed E-state index contributed by atoms with van der Waals surface area (Å²) in [4.78, 5) is 19.2. The quantitative estimate of drug-likeness (QED) is 0.615. The second-order valence-corrected chi connectivity index (χ2v) is 1.67. The van der Waals surface area contributed by atoms with E-state index in [-0.39, 0.29) is 17.9 Å². The lowest BCUT2D eigenvalue weighted by Gasteiger charge is -1.89. The Labute approximate surface area is 71.6 Å². The van der Waals surface area contributed by atoms with E-state index in [1.165, 1.54) is 6.92 Å². The van der Waals surface area contributed by atoms with Crippen LogP contribution in [0, 0.1) is 0 Å². The Morgan fingerprint density at radius 3 is 1.67 bits per heavy atom. The third-order valence-corrected chi connectivity index (χ3v) is 0.650. The highest BCUT2D eigenvalue weighted by molar-refractivity contribution is 5.66. The molecule has 0 amide bonds. The van der Waals surface area contributed by atoms with Gasteiger partial charge in [-0.15, -0.1) is 0 Å². The molecule has 0 radical (unpaired) electrons. The summed E-state index contributed by atoms with van der Waals surface area (Å²) in [5.74, 6) is -0.956. The number of esters is 1. The Morgan fingerprint density at radius 2 is 1.67 bits per heavy atom. The van der Waals surface area contributed by atoms with Gasteiger partial charge in [-0.25, -0.2) is 0 Å². The summed E-state index contributed by atoms with van der Waals surface area (Å²) in [6.07, 6.45) is 0.222. The Kier molecular flexibility index (Phi) is 17.9. The summed E-state index contributed by atoms with van der Waals surface area (Å²) in [7, 11) is 0. The van der Waals surface area contributed by atoms with Gasteiger partial charge >= 0.3 is 11.9 Å². The van der Waals surface area contributed by atoms with Gasteiger partial charge in [-0.1, -0.05) is 6.92 Å². The predicted molar refractivity (Wildman–Crippen MR) is 43.8 cm³/mol. The van der Waals surface area contributed by atoms with Crippen LogP contribution in [0.5, 0.6) is 0 Å². The molecule has 5 heteroatoms. The van der Waals surface area contributed by atoms with Crippen LogP contribution in [0.1, 0.15) is 27.2 Å². The largest absolute Gasteiger partial charge is 0.481 e. The van der Waals surface area contributed by atoms with Gasteiger partial charge in [0.2, 0.25) is 0 Å².